The van der Waals surface area contributed by atoms with Crippen molar-refractivity contribution in [2.24, 2.45) is 0 Å². The van der Waals surface area contributed by atoms with E-state index in [9.17, 15) is 14.0 Å². The van der Waals surface area contributed by atoms with Crippen molar-refractivity contribution in [3.63, 3.8) is 0 Å². The van der Waals surface area contributed by atoms with Crippen LogP contribution < -0.4 is 15.4 Å². The number of ether oxygens (including phenoxy) is 1. The molecule has 0 aliphatic rings. The third kappa shape index (κ3) is 7.95. The van der Waals surface area contributed by atoms with Gasteiger partial charge in [0.25, 0.3) is 11.8 Å². The second-order valence-corrected chi connectivity index (χ2v) is 8.81. The molecule has 34 heavy (non-hydrogen) atoms. The fraction of sp³-hybridized carbons (Fsp3) is 0.346. The smallest absolute Gasteiger partial charge is 0.270 e. The van der Waals surface area contributed by atoms with Crippen LogP contribution in [-0.4, -0.2) is 29.9 Å². The van der Waals surface area contributed by atoms with E-state index in [1.807, 2.05) is 24.3 Å². The van der Waals surface area contributed by atoms with Crippen LogP contribution >= 0.6 is 11.3 Å². The maximum absolute atomic E-state index is 13.6. The average molecular weight is 484 g/mol. The number of halogens is 1. The number of hydrogen-bond acceptors (Lipinski definition) is 5. The molecule has 0 unspecified atom stereocenters. The number of thiazole rings is 1. The Balaban J connectivity index is 1.33. The zero-order chi connectivity index (χ0) is 24.2. The second-order valence-electron chi connectivity index (χ2n) is 7.86. The van der Waals surface area contributed by atoms with Crippen molar-refractivity contribution >= 4 is 23.2 Å². The summed E-state index contributed by atoms with van der Waals surface area (Å²) in [4.78, 5) is 28.8. The summed E-state index contributed by atoms with van der Waals surface area (Å²) >= 11 is 1.28. The molecule has 2 N–H and O–H groups in total. The van der Waals surface area contributed by atoms with E-state index in [4.69, 9.17) is 4.74 Å². The number of hydrogen-bond donors (Lipinski definition) is 2. The minimum absolute atomic E-state index is 0.0879. The number of aromatic nitrogens is 1. The molecule has 2 amide bonds. The molecule has 0 aliphatic heterocycles. The first-order chi connectivity index (χ1) is 16.6. The Hall–Kier alpha value is -3.26. The molecule has 2 aromatic carbocycles. The van der Waals surface area contributed by atoms with Gasteiger partial charge in [-0.05, 0) is 49.1 Å². The lowest BCUT2D eigenvalue weighted by Gasteiger charge is -2.07. The highest BCUT2D eigenvalue weighted by Crippen LogP contribution is 2.18. The van der Waals surface area contributed by atoms with Crippen LogP contribution in [0.25, 0.3) is 0 Å². The van der Waals surface area contributed by atoms with Gasteiger partial charge < -0.3 is 15.4 Å². The van der Waals surface area contributed by atoms with E-state index in [-0.39, 0.29) is 24.2 Å². The number of unbranched alkanes of at least 4 members (excludes halogenated alkanes) is 2. The summed E-state index contributed by atoms with van der Waals surface area (Å²) in [5, 5.41) is 7.89. The number of aryl methyl sites for hydroxylation is 1. The van der Waals surface area contributed by atoms with Gasteiger partial charge in [-0.25, -0.2) is 9.37 Å². The predicted octanol–water partition coefficient (Wildman–Crippen LogP) is 5.14. The van der Waals surface area contributed by atoms with Gasteiger partial charge >= 0.3 is 0 Å². The topological polar surface area (TPSA) is 80.3 Å². The Labute approximate surface area is 203 Å². The third-order valence-corrected chi connectivity index (χ3v) is 6.00. The highest BCUT2D eigenvalue weighted by Gasteiger charge is 2.12. The maximum Gasteiger partial charge on any atom is 0.270 e. The number of para-hydroxylation sites is 1. The van der Waals surface area contributed by atoms with E-state index in [1.165, 1.54) is 35.8 Å². The summed E-state index contributed by atoms with van der Waals surface area (Å²) in [6.45, 7) is 3.14. The van der Waals surface area contributed by atoms with Crippen LogP contribution in [0.2, 0.25) is 0 Å². The van der Waals surface area contributed by atoms with Gasteiger partial charge in [0.2, 0.25) is 0 Å². The van der Waals surface area contributed by atoms with Crippen molar-refractivity contribution in [2.45, 2.75) is 45.6 Å². The summed E-state index contributed by atoms with van der Waals surface area (Å²) in [6.07, 6.45) is 5.20. The molecule has 3 rings (SSSR count). The fourth-order valence-corrected chi connectivity index (χ4v) is 3.95. The van der Waals surface area contributed by atoms with Crippen molar-refractivity contribution in [3.05, 3.63) is 81.6 Å². The van der Waals surface area contributed by atoms with Crippen molar-refractivity contribution in [1.82, 2.24) is 15.6 Å². The first kappa shape index (κ1) is 25.4. The molecular formula is C26H30FN3O3S. The van der Waals surface area contributed by atoms with E-state index in [1.54, 1.807) is 23.6 Å². The normalized spacial score (nSPS) is 10.6. The molecule has 1 heterocycles. The zero-order valence-corrected chi connectivity index (χ0v) is 20.1. The van der Waals surface area contributed by atoms with E-state index >= 15 is 0 Å². The van der Waals surface area contributed by atoms with Crippen LogP contribution in [0, 0.1) is 5.82 Å². The van der Waals surface area contributed by atoms with Gasteiger partial charge in [-0.15, -0.1) is 11.3 Å². The lowest BCUT2D eigenvalue weighted by atomic mass is 10.1. The molecule has 180 valence electrons. The van der Waals surface area contributed by atoms with Crippen molar-refractivity contribution in [2.75, 3.05) is 13.1 Å². The van der Waals surface area contributed by atoms with E-state index in [0.717, 1.165) is 12.8 Å². The summed E-state index contributed by atoms with van der Waals surface area (Å²) < 4.78 is 19.0. The second kappa shape index (κ2) is 13.4. The molecule has 1 aromatic heterocycles. The quantitative estimate of drug-likeness (QED) is 0.330. The minimum atomic E-state index is -0.441. The van der Waals surface area contributed by atoms with Crippen LogP contribution in [0.3, 0.4) is 0 Å². The van der Waals surface area contributed by atoms with Crippen molar-refractivity contribution in [1.29, 1.82) is 0 Å². The summed E-state index contributed by atoms with van der Waals surface area (Å²) in [5.74, 6) is -0.707. The maximum atomic E-state index is 13.6. The van der Waals surface area contributed by atoms with Crippen LogP contribution in [0.15, 0.2) is 53.9 Å². The van der Waals surface area contributed by atoms with Crippen LogP contribution in [-0.2, 0) is 13.0 Å². The number of carbonyl (C=O) groups excluding carboxylic acids is 2. The molecule has 0 atom stereocenters. The van der Waals surface area contributed by atoms with E-state index in [0.29, 0.717) is 35.8 Å². The number of carbonyl (C=O) groups is 2. The number of amides is 2. The molecule has 0 spiro atoms. The van der Waals surface area contributed by atoms with Gasteiger partial charge in [0, 0.05) is 24.0 Å². The molecule has 0 radical (unpaired) electrons. The predicted molar refractivity (Wildman–Crippen MR) is 132 cm³/mol. The molecular weight excluding hydrogens is 453 g/mol. The van der Waals surface area contributed by atoms with Crippen LogP contribution in [0.1, 0.15) is 64.0 Å². The molecule has 8 heteroatoms. The first-order valence-electron chi connectivity index (χ1n) is 11.5. The number of nitrogens with zero attached hydrogens (tertiary/aromatic N) is 1. The van der Waals surface area contributed by atoms with Gasteiger partial charge in [0.05, 0.1) is 0 Å². The Morgan fingerprint density at radius 2 is 1.71 bits per heavy atom. The lowest BCUT2D eigenvalue weighted by Crippen LogP contribution is -2.30. The Kier molecular flexibility index (Phi) is 10.0. The van der Waals surface area contributed by atoms with Gasteiger partial charge in [0.1, 0.15) is 17.3 Å². The molecule has 6 nitrogen and oxygen atoms in total. The van der Waals surface area contributed by atoms with Crippen LogP contribution in [0.5, 0.6) is 5.75 Å². The van der Waals surface area contributed by atoms with E-state index < -0.39 is 5.82 Å². The number of benzene rings is 2. The summed E-state index contributed by atoms with van der Waals surface area (Å²) in [7, 11) is 0. The molecule has 0 bridgehead atoms. The standard InChI is InChI=1S/C26H30FN3O3S/c1-2-3-4-8-19-11-13-20(14-12-19)25(31)28-15-7-16-29-26(32)22-18-34-24(30-22)17-33-23-10-6-5-9-21(23)27/h5-6,9-14,18H,2-4,7-8,15-17H2,1H3,(H,28,31)(H,29,32). The zero-order valence-electron chi connectivity index (χ0n) is 19.3. The van der Waals surface area contributed by atoms with Crippen molar-refractivity contribution in [3.8, 4) is 5.75 Å². The molecule has 0 aliphatic carbocycles. The summed E-state index contributed by atoms with van der Waals surface area (Å²) in [6, 6.07) is 13.9. The number of rotatable bonds is 13. The Morgan fingerprint density at radius 1 is 0.971 bits per heavy atom. The largest absolute Gasteiger partial charge is 0.483 e. The first-order valence-corrected chi connectivity index (χ1v) is 12.4. The Bertz CT molecular complexity index is 1070. The molecule has 0 fully saturated rings. The van der Waals surface area contributed by atoms with Crippen LogP contribution in [0.4, 0.5) is 4.39 Å². The summed E-state index contributed by atoms with van der Waals surface area (Å²) in [5.41, 5.74) is 2.17. The molecule has 0 saturated heterocycles. The minimum Gasteiger partial charge on any atom is -0.483 e. The van der Waals surface area contributed by atoms with Gasteiger partial charge in [-0.2, -0.15) is 0 Å². The van der Waals surface area contributed by atoms with E-state index in [2.05, 4.69) is 22.5 Å². The fourth-order valence-electron chi connectivity index (χ4n) is 3.27. The third-order valence-electron chi connectivity index (χ3n) is 5.18. The highest BCUT2D eigenvalue weighted by molar-refractivity contribution is 7.09. The van der Waals surface area contributed by atoms with Gasteiger partial charge in [0.15, 0.2) is 11.6 Å². The molecule has 3 aromatic rings. The van der Waals surface area contributed by atoms with Gasteiger partial charge in [-0.1, -0.05) is 44.0 Å². The molecule has 0 saturated carbocycles. The number of nitrogens with one attached hydrogen (secondary N) is 2. The highest BCUT2D eigenvalue weighted by atomic mass is 32.1. The van der Waals surface area contributed by atoms with Gasteiger partial charge in [-0.3, -0.25) is 9.59 Å². The SMILES string of the molecule is CCCCCc1ccc(C(=O)NCCCNC(=O)c2csc(COc3ccccc3F)n2)cc1. The lowest BCUT2D eigenvalue weighted by molar-refractivity contribution is 0.0948. The average Bonchev–Trinajstić information content (AvgIpc) is 3.33. The van der Waals surface area contributed by atoms with Crippen molar-refractivity contribution < 1.29 is 18.7 Å². The monoisotopic (exact) mass is 483 g/mol. The Morgan fingerprint density at radius 3 is 2.44 bits per heavy atom.